The summed E-state index contributed by atoms with van der Waals surface area (Å²) in [6.07, 6.45) is 0.964. The molecule has 1 aromatic rings. The van der Waals surface area contributed by atoms with Crippen LogP contribution in [0.3, 0.4) is 0 Å². The molecule has 0 aliphatic heterocycles. The molecule has 1 heterocycles. The smallest absolute Gasteiger partial charge is 0.261 e. The zero-order valence-corrected chi connectivity index (χ0v) is 10.3. The number of nitrogens with one attached hydrogen (secondary N) is 1. The first-order chi connectivity index (χ1) is 7.67. The van der Waals surface area contributed by atoms with Crippen LogP contribution in [0.4, 0.5) is 0 Å². The van der Waals surface area contributed by atoms with Crippen molar-refractivity contribution in [3.05, 3.63) is 16.3 Å². The summed E-state index contributed by atoms with van der Waals surface area (Å²) < 4.78 is 5.00. The number of amides is 1. The van der Waals surface area contributed by atoms with Gasteiger partial charge in [0.2, 0.25) is 0 Å². The lowest BCUT2D eigenvalue weighted by atomic mass is 10.2. The van der Waals surface area contributed by atoms with Crippen LogP contribution in [0, 0.1) is 0 Å². The van der Waals surface area contributed by atoms with Gasteiger partial charge in [0.15, 0.2) is 0 Å². The summed E-state index contributed by atoms with van der Waals surface area (Å²) >= 11 is 1.35. The molecule has 0 radical (unpaired) electrons. The average Bonchev–Trinajstić information content (AvgIpc) is 2.77. The Balaban J connectivity index is 2.35. The molecule has 0 spiro atoms. The molecule has 0 aromatic carbocycles. The van der Waals surface area contributed by atoms with E-state index in [0.29, 0.717) is 30.0 Å². The van der Waals surface area contributed by atoms with E-state index in [1.54, 1.807) is 18.6 Å². The van der Waals surface area contributed by atoms with Crippen molar-refractivity contribution in [1.82, 2.24) is 5.32 Å². The number of ether oxygens (including phenoxy) is 1. The van der Waals surface area contributed by atoms with Crippen molar-refractivity contribution in [2.45, 2.75) is 25.9 Å². The van der Waals surface area contributed by atoms with Gasteiger partial charge in [0, 0.05) is 18.0 Å². The molecule has 0 saturated heterocycles. The Morgan fingerprint density at radius 2 is 2.44 bits per heavy atom. The lowest BCUT2D eigenvalue weighted by Gasteiger charge is -2.07. The Morgan fingerprint density at radius 3 is 3.00 bits per heavy atom. The Bertz CT molecular complexity index is 338. The minimum Gasteiger partial charge on any atom is -0.496 e. The van der Waals surface area contributed by atoms with Gasteiger partial charge in [-0.15, -0.1) is 11.3 Å². The summed E-state index contributed by atoms with van der Waals surface area (Å²) in [5.74, 6) is 0.584. The van der Waals surface area contributed by atoms with E-state index >= 15 is 0 Å². The first-order valence-electron chi connectivity index (χ1n) is 5.26. The van der Waals surface area contributed by atoms with Gasteiger partial charge in [-0.3, -0.25) is 4.79 Å². The van der Waals surface area contributed by atoms with Crippen molar-refractivity contribution < 1.29 is 14.6 Å². The first-order valence-corrected chi connectivity index (χ1v) is 6.14. The third-order valence-electron chi connectivity index (χ3n) is 2.27. The van der Waals surface area contributed by atoms with Gasteiger partial charge < -0.3 is 15.2 Å². The summed E-state index contributed by atoms with van der Waals surface area (Å²) in [6.45, 7) is 2.41. The third kappa shape index (κ3) is 3.83. The number of hydrogen-bond acceptors (Lipinski definition) is 4. The lowest BCUT2D eigenvalue weighted by molar-refractivity contribution is 0.0946. The molecule has 0 saturated carbocycles. The van der Waals surface area contributed by atoms with Crippen LogP contribution in [0.1, 0.15) is 29.4 Å². The molecule has 0 bridgehead atoms. The normalized spacial score (nSPS) is 12.2. The zero-order valence-electron chi connectivity index (χ0n) is 9.53. The second kappa shape index (κ2) is 6.50. The summed E-state index contributed by atoms with van der Waals surface area (Å²) in [5, 5.41) is 13.9. The summed E-state index contributed by atoms with van der Waals surface area (Å²) in [4.78, 5) is 12.2. The van der Waals surface area contributed by atoms with Crippen LogP contribution in [0.15, 0.2) is 11.4 Å². The van der Waals surface area contributed by atoms with Gasteiger partial charge >= 0.3 is 0 Å². The molecule has 90 valence electrons. The average molecular weight is 243 g/mol. The number of aliphatic hydroxyl groups is 1. The van der Waals surface area contributed by atoms with Crippen molar-refractivity contribution in [3.63, 3.8) is 0 Å². The maximum atomic E-state index is 11.6. The van der Waals surface area contributed by atoms with Crippen LogP contribution in [-0.2, 0) is 0 Å². The maximum absolute atomic E-state index is 11.6. The lowest BCUT2D eigenvalue weighted by Crippen LogP contribution is -2.26. The highest BCUT2D eigenvalue weighted by Gasteiger charge is 2.09. The summed E-state index contributed by atoms with van der Waals surface area (Å²) in [5.41, 5.74) is 0. The fraction of sp³-hybridized carbons (Fsp3) is 0.545. The molecule has 2 N–H and O–H groups in total. The largest absolute Gasteiger partial charge is 0.496 e. The molecule has 0 aliphatic rings. The van der Waals surface area contributed by atoms with E-state index in [2.05, 4.69) is 5.32 Å². The quantitative estimate of drug-likeness (QED) is 0.798. The van der Waals surface area contributed by atoms with Crippen LogP contribution in [0.2, 0.25) is 0 Å². The number of aliphatic hydroxyl groups excluding tert-OH is 1. The van der Waals surface area contributed by atoms with E-state index in [9.17, 15) is 9.90 Å². The van der Waals surface area contributed by atoms with Crippen LogP contribution in [0.25, 0.3) is 0 Å². The number of hydrogen-bond donors (Lipinski definition) is 2. The second-order valence-electron chi connectivity index (χ2n) is 3.46. The van der Waals surface area contributed by atoms with Crippen LogP contribution >= 0.6 is 11.3 Å². The Morgan fingerprint density at radius 1 is 1.69 bits per heavy atom. The van der Waals surface area contributed by atoms with Crippen molar-refractivity contribution in [1.29, 1.82) is 0 Å². The van der Waals surface area contributed by atoms with E-state index in [1.807, 2.05) is 6.92 Å². The number of rotatable bonds is 6. The Kier molecular flexibility index (Phi) is 5.28. The molecule has 1 atom stereocenters. The predicted octanol–water partition coefficient (Wildman–Crippen LogP) is 1.65. The molecule has 0 aliphatic carbocycles. The fourth-order valence-electron chi connectivity index (χ4n) is 1.19. The van der Waals surface area contributed by atoms with E-state index in [0.717, 1.165) is 0 Å². The topological polar surface area (TPSA) is 58.6 Å². The van der Waals surface area contributed by atoms with Crippen LogP contribution in [-0.4, -0.2) is 30.8 Å². The third-order valence-corrected chi connectivity index (χ3v) is 3.18. The molecule has 4 nitrogen and oxygen atoms in total. The fourth-order valence-corrected chi connectivity index (χ4v) is 1.96. The summed E-state index contributed by atoms with van der Waals surface area (Å²) in [7, 11) is 1.57. The Hall–Kier alpha value is -1.07. The number of thiophene rings is 1. The molecule has 16 heavy (non-hydrogen) atoms. The zero-order chi connectivity index (χ0) is 12.0. The molecule has 0 fully saturated rings. The van der Waals surface area contributed by atoms with E-state index in [1.165, 1.54) is 11.3 Å². The Labute approximate surface area is 99.2 Å². The molecule has 1 aromatic heterocycles. The monoisotopic (exact) mass is 243 g/mol. The van der Waals surface area contributed by atoms with Crippen molar-refractivity contribution >= 4 is 17.2 Å². The molecule has 1 unspecified atom stereocenters. The SMILES string of the molecule is CCC(O)CCNC(=O)c1cc(OC)cs1. The van der Waals surface area contributed by atoms with Crippen LogP contribution in [0.5, 0.6) is 5.75 Å². The standard InChI is InChI=1S/C11H17NO3S/c1-3-8(13)4-5-12-11(14)10-6-9(15-2)7-16-10/h6-8,13H,3-5H2,1-2H3,(H,12,14). The number of carbonyl (C=O) groups is 1. The molecule has 1 rings (SSSR count). The molecule has 5 heteroatoms. The second-order valence-corrected chi connectivity index (χ2v) is 4.37. The number of methoxy groups -OCH3 is 1. The van der Waals surface area contributed by atoms with Gasteiger partial charge in [-0.25, -0.2) is 0 Å². The molecule has 1 amide bonds. The number of carbonyl (C=O) groups excluding carboxylic acids is 1. The minimum atomic E-state index is -0.335. The van der Waals surface area contributed by atoms with Gasteiger partial charge in [-0.2, -0.15) is 0 Å². The van der Waals surface area contributed by atoms with Gasteiger partial charge in [0.1, 0.15) is 5.75 Å². The van der Waals surface area contributed by atoms with Crippen LogP contribution < -0.4 is 10.1 Å². The highest BCUT2D eigenvalue weighted by molar-refractivity contribution is 7.12. The van der Waals surface area contributed by atoms with E-state index < -0.39 is 0 Å². The highest BCUT2D eigenvalue weighted by Crippen LogP contribution is 2.20. The van der Waals surface area contributed by atoms with E-state index in [4.69, 9.17) is 4.74 Å². The maximum Gasteiger partial charge on any atom is 0.261 e. The summed E-state index contributed by atoms with van der Waals surface area (Å²) in [6, 6.07) is 1.70. The molecular weight excluding hydrogens is 226 g/mol. The predicted molar refractivity (Wildman–Crippen MR) is 64.1 cm³/mol. The molecular formula is C11H17NO3S. The van der Waals surface area contributed by atoms with Crippen molar-refractivity contribution in [3.8, 4) is 5.75 Å². The minimum absolute atomic E-state index is 0.114. The van der Waals surface area contributed by atoms with Crippen molar-refractivity contribution in [2.75, 3.05) is 13.7 Å². The van der Waals surface area contributed by atoms with Gasteiger partial charge in [-0.05, 0) is 12.8 Å². The van der Waals surface area contributed by atoms with E-state index in [-0.39, 0.29) is 12.0 Å². The highest BCUT2D eigenvalue weighted by atomic mass is 32.1. The van der Waals surface area contributed by atoms with Gasteiger partial charge in [0.25, 0.3) is 5.91 Å². The van der Waals surface area contributed by atoms with Gasteiger partial charge in [-0.1, -0.05) is 6.92 Å². The van der Waals surface area contributed by atoms with Crippen molar-refractivity contribution in [2.24, 2.45) is 0 Å². The first kappa shape index (κ1) is 13.0. The van der Waals surface area contributed by atoms with Gasteiger partial charge in [0.05, 0.1) is 18.1 Å².